The third-order valence-corrected chi connectivity index (χ3v) is 5.11. The average Bonchev–Trinajstić information content (AvgIpc) is 2.15. The summed E-state index contributed by atoms with van der Waals surface area (Å²) >= 11 is 3.43. The molecule has 1 aliphatic rings. The molecule has 1 aliphatic carbocycles. The SMILES string of the molecule is CCC1(CNC(=O)C(Br)C(C)C)CCC1. The average molecular weight is 276 g/mol. The largest absolute Gasteiger partial charge is 0.355 e. The molecule has 1 amide bonds. The zero-order valence-electron chi connectivity index (χ0n) is 9.98. The van der Waals surface area contributed by atoms with Crippen LogP contribution in [-0.4, -0.2) is 17.3 Å². The van der Waals surface area contributed by atoms with Gasteiger partial charge >= 0.3 is 0 Å². The van der Waals surface area contributed by atoms with Crippen molar-refractivity contribution in [1.29, 1.82) is 0 Å². The van der Waals surface area contributed by atoms with Gasteiger partial charge in [-0.3, -0.25) is 4.79 Å². The smallest absolute Gasteiger partial charge is 0.234 e. The molecule has 0 radical (unpaired) electrons. The maximum absolute atomic E-state index is 11.7. The fraction of sp³-hybridized carbons (Fsp3) is 0.917. The van der Waals surface area contributed by atoms with E-state index in [1.165, 1.54) is 25.7 Å². The van der Waals surface area contributed by atoms with Crippen molar-refractivity contribution < 1.29 is 4.79 Å². The summed E-state index contributed by atoms with van der Waals surface area (Å²) in [4.78, 5) is 11.7. The Morgan fingerprint density at radius 3 is 2.40 bits per heavy atom. The van der Waals surface area contributed by atoms with E-state index in [1.807, 2.05) is 0 Å². The molecule has 0 heterocycles. The van der Waals surface area contributed by atoms with Gasteiger partial charge in [-0.25, -0.2) is 0 Å². The van der Waals surface area contributed by atoms with Crippen molar-refractivity contribution in [3.8, 4) is 0 Å². The second-order valence-corrected chi connectivity index (χ2v) is 6.06. The minimum Gasteiger partial charge on any atom is -0.355 e. The third-order valence-electron chi connectivity index (χ3n) is 3.64. The van der Waals surface area contributed by atoms with Gasteiger partial charge in [-0.1, -0.05) is 43.1 Å². The van der Waals surface area contributed by atoms with Crippen molar-refractivity contribution in [1.82, 2.24) is 5.32 Å². The summed E-state index contributed by atoms with van der Waals surface area (Å²) < 4.78 is 0. The standard InChI is InChI=1S/C12H22BrNO/c1-4-12(6-5-7-12)8-14-11(15)10(13)9(2)3/h9-10H,4-8H2,1-3H3,(H,14,15). The molecule has 1 fully saturated rings. The second kappa shape index (κ2) is 5.33. The Morgan fingerprint density at radius 1 is 1.47 bits per heavy atom. The Labute approximate surface area is 101 Å². The summed E-state index contributed by atoms with van der Waals surface area (Å²) in [6.07, 6.45) is 5.06. The summed E-state index contributed by atoms with van der Waals surface area (Å²) in [6, 6.07) is 0. The number of nitrogens with one attached hydrogen (secondary N) is 1. The van der Waals surface area contributed by atoms with Crippen molar-refractivity contribution >= 4 is 21.8 Å². The molecular weight excluding hydrogens is 254 g/mol. The van der Waals surface area contributed by atoms with Crippen LogP contribution in [0, 0.1) is 11.3 Å². The van der Waals surface area contributed by atoms with Crippen molar-refractivity contribution in [3.63, 3.8) is 0 Å². The monoisotopic (exact) mass is 275 g/mol. The van der Waals surface area contributed by atoms with E-state index in [2.05, 4.69) is 42.0 Å². The molecule has 3 heteroatoms. The fourth-order valence-corrected chi connectivity index (χ4v) is 2.17. The summed E-state index contributed by atoms with van der Waals surface area (Å²) in [5.74, 6) is 0.494. The topological polar surface area (TPSA) is 29.1 Å². The highest BCUT2D eigenvalue weighted by Crippen LogP contribution is 2.43. The Kier molecular flexibility index (Phi) is 4.63. The zero-order chi connectivity index (χ0) is 11.5. The van der Waals surface area contributed by atoms with Crippen LogP contribution >= 0.6 is 15.9 Å². The van der Waals surface area contributed by atoms with Gasteiger partial charge in [0.15, 0.2) is 0 Å². The van der Waals surface area contributed by atoms with Crippen molar-refractivity contribution in [2.75, 3.05) is 6.54 Å². The number of halogens is 1. The third kappa shape index (κ3) is 3.20. The highest BCUT2D eigenvalue weighted by molar-refractivity contribution is 9.10. The van der Waals surface area contributed by atoms with Crippen LogP contribution in [0.1, 0.15) is 46.5 Å². The first-order chi connectivity index (χ1) is 7.01. The van der Waals surface area contributed by atoms with Gasteiger partial charge in [0.05, 0.1) is 4.83 Å². The number of amides is 1. The molecule has 2 nitrogen and oxygen atoms in total. The van der Waals surface area contributed by atoms with Crippen LogP contribution in [0.5, 0.6) is 0 Å². The first-order valence-corrected chi connectivity index (χ1v) is 6.84. The van der Waals surface area contributed by atoms with Crippen LogP contribution in [0.25, 0.3) is 0 Å². The predicted octanol–water partition coefficient (Wildman–Crippen LogP) is 3.10. The molecule has 0 saturated heterocycles. The van der Waals surface area contributed by atoms with Gasteiger partial charge in [-0.2, -0.15) is 0 Å². The first-order valence-electron chi connectivity index (χ1n) is 5.92. The van der Waals surface area contributed by atoms with Crippen LogP contribution < -0.4 is 5.32 Å². The van der Waals surface area contributed by atoms with Gasteiger partial charge in [0.2, 0.25) is 5.91 Å². The van der Waals surface area contributed by atoms with E-state index in [4.69, 9.17) is 0 Å². The molecule has 0 aromatic rings. The molecule has 1 N–H and O–H groups in total. The normalized spacial score (nSPS) is 20.9. The van der Waals surface area contributed by atoms with E-state index in [9.17, 15) is 4.79 Å². The number of carbonyl (C=O) groups is 1. The Morgan fingerprint density at radius 2 is 2.07 bits per heavy atom. The second-order valence-electron chi connectivity index (χ2n) is 5.07. The molecule has 1 atom stereocenters. The van der Waals surface area contributed by atoms with Crippen LogP contribution in [-0.2, 0) is 4.79 Å². The Bertz CT molecular complexity index is 218. The van der Waals surface area contributed by atoms with Crippen LogP contribution in [0.3, 0.4) is 0 Å². The van der Waals surface area contributed by atoms with E-state index in [0.29, 0.717) is 11.3 Å². The lowest BCUT2D eigenvalue weighted by molar-refractivity contribution is -0.122. The van der Waals surface area contributed by atoms with Crippen LogP contribution in [0.2, 0.25) is 0 Å². The van der Waals surface area contributed by atoms with E-state index in [1.54, 1.807) is 0 Å². The predicted molar refractivity (Wildman–Crippen MR) is 67.1 cm³/mol. The van der Waals surface area contributed by atoms with Crippen molar-refractivity contribution in [2.45, 2.75) is 51.3 Å². The first kappa shape index (κ1) is 13.0. The maximum Gasteiger partial charge on any atom is 0.234 e. The highest BCUT2D eigenvalue weighted by Gasteiger charge is 2.35. The van der Waals surface area contributed by atoms with E-state index in [-0.39, 0.29) is 10.7 Å². The van der Waals surface area contributed by atoms with E-state index in [0.717, 1.165) is 6.54 Å². The molecule has 1 saturated carbocycles. The van der Waals surface area contributed by atoms with E-state index >= 15 is 0 Å². The molecular formula is C12H22BrNO. The van der Waals surface area contributed by atoms with E-state index < -0.39 is 0 Å². The number of hydrogen-bond donors (Lipinski definition) is 1. The number of carbonyl (C=O) groups excluding carboxylic acids is 1. The molecule has 15 heavy (non-hydrogen) atoms. The summed E-state index contributed by atoms with van der Waals surface area (Å²) in [5.41, 5.74) is 0.416. The zero-order valence-corrected chi connectivity index (χ0v) is 11.6. The molecule has 0 spiro atoms. The van der Waals surface area contributed by atoms with Crippen molar-refractivity contribution in [2.24, 2.45) is 11.3 Å². The summed E-state index contributed by atoms with van der Waals surface area (Å²) in [5, 5.41) is 3.07. The van der Waals surface area contributed by atoms with Gasteiger partial charge in [-0.05, 0) is 30.6 Å². The Hall–Kier alpha value is -0.0500. The van der Waals surface area contributed by atoms with Gasteiger partial charge in [0.1, 0.15) is 0 Å². The molecule has 0 aromatic carbocycles. The van der Waals surface area contributed by atoms with Gasteiger partial charge < -0.3 is 5.32 Å². The summed E-state index contributed by atoms with van der Waals surface area (Å²) in [6.45, 7) is 7.19. The van der Waals surface area contributed by atoms with Crippen molar-refractivity contribution in [3.05, 3.63) is 0 Å². The van der Waals surface area contributed by atoms with Gasteiger partial charge in [-0.15, -0.1) is 0 Å². The lowest BCUT2D eigenvalue weighted by Gasteiger charge is -2.41. The minimum atomic E-state index is -0.0496. The molecule has 1 rings (SSSR count). The summed E-state index contributed by atoms with van der Waals surface area (Å²) in [7, 11) is 0. The minimum absolute atomic E-state index is 0.0496. The highest BCUT2D eigenvalue weighted by atomic mass is 79.9. The number of alkyl halides is 1. The molecule has 0 aromatic heterocycles. The van der Waals surface area contributed by atoms with Gasteiger partial charge in [0, 0.05) is 6.54 Å². The van der Waals surface area contributed by atoms with Gasteiger partial charge in [0.25, 0.3) is 0 Å². The lowest BCUT2D eigenvalue weighted by Crippen LogP contribution is -2.44. The maximum atomic E-state index is 11.7. The lowest BCUT2D eigenvalue weighted by atomic mass is 9.67. The number of rotatable bonds is 5. The fourth-order valence-electron chi connectivity index (χ4n) is 2.01. The molecule has 0 aliphatic heterocycles. The molecule has 0 bridgehead atoms. The molecule has 88 valence electrons. The molecule has 1 unspecified atom stereocenters. The number of hydrogen-bond acceptors (Lipinski definition) is 1. The quantitative estimate of drug-likeness (QED) is 0.768. The van der Waals surface area contributed by atoms with Crippen LogP contribution in [0.4, 0.5) is 0 Å². The Balaban J connectivity index is 2.33. The van der Waals surface area contributed by atoms with Crippen LogP contribution in [0.15, 0.2) is 0 Å².